The minimum Gasteiger partial charge on any atom is -0.462 e. The number of esters is 1. The van der Waals surface area contributed by atoms with E-state index < -0.39 is 0 Å². The number of nitrogens with one attached hydrogen (secondary N) is 1. The maximum Gasteiger partial charge on any atom is 0.339 e. The number of carbonyl (C=O) groups is 1. The normalized spacial score (nSPS) is 10.1. The topological polar surface area (TPSA) is 51.2 Å². The van der Waals surface area contributed by atoms with Crippen molar-refractivity contribution >= 4 is 11.8 Å². The van der Waals surface area contributed by atoms with Crippen molar-refractivity contribution in [1.82, 2.24) is 4.98 Å². The predicted molar refractivity (Wildman–Crippen MR) is 78.8 cm³/mol. The number of rotatable bonds is 6. The molecule has 104 valence electrons. The number of benzene rings is 1. The molecule has 20 heavy (non-hydrogen) atoms. The van der Waals surface area contributed by atoms with Gasteiger partial charge in [-0.15, -0.1) is 0 Å². The highest BCUT2D eigenvalue weighted by atomic mass is 16.5. The SMILES string of the molecule is CCOC(=O)c1ccc(NCCc2ccccc2)nc1. The van der Waals surface area contributed by atoms with Crippen molar-refractivity contribution < 1.29 is 9.53 Å². The fourth-order valence-corrected chi connectivity index (χ4v) is 1.81. The summed E-state index contributed by atoms with van der Waals surface area (Å²) in [4.78, 5) is 15.7. The highest BCUT2D eigenvalue weighted by Gasteiger charge is 2.06. The Balaban J connectivity index is 1.83. The van der Waals surface area contributed by atoms with E-state index in [9.17, 15) is 4.79 Å². The molecular formula is C16H18N2O2. The van der Waals surface area contributed by atoms with Crippen LogP contribution in [0.15, 0.2) is 48.7 Å². The lowest BCUT2D eigenvalue weighted by Crippen LogP contribution is -2.08. The smallest absolute Gasteiger partial charge is 0.339 e. The van der Waals surface area contributed by atoms with Gasteiger partial charge in [-0.3, -0.25) is 0 Å². The monoisotopic (exact) mass is 270 g/mol. The molecule has 0 aliphatic heterocycles. The first-order chi connectivity index (χ1) is 9.79. The minimum absolute atomic E-state index is 0.337. The Labute approximate surface area is 118 Å². The van der Waals surface area contributed by atoms with Crippen LogP contribution in [0.2, 0.25) is 0 Å². The van der Waals surface area contributed by atoms with E-state index in [2.05, 4.69) is 22.4 Å². The number of ether oxygens (including phenoxy) is 1. The Morgan fingerprint density at radius 2 is 2.00 bits per heavy atom. The van der Waals surface area contributed by atoms with E-state index in [0.717, 1.165) is 18.8 Å². The van der Waals surface area contributed by atoms with E-state index in [1.165, 1.54) is 11.8 Å². The van der Waals surface area contributed by atoms with Crippen molar-refractivity contribution in [2.24, 2.45) is 0 Å². The van der Waals surface area contributed by atoms with E-state index in [4.69, 9.17) is 4.74 Å². The van der Waals surface area contributed by atoms with Crippen LogP contribution in [0.5, 0.6) is 0 Å². The Hall–Kier alpha value is -2.36. The zero-order valence-electron chi connectivity index (χ0n) is 11.5. The largest absolute Gasteiger partial charge is 0.462 e. The molecule has 0 radical (unpaired) electrons. The molecule has 1 N–H and O–H groups in total. The molecule has 0 aliphatic carbocycles. The van der Waals surface area contributed by atoms with Gasteiger partial charge in [0.25, 0.3) is 0 Å². The predicted octanol–water partition coefficient (Wildman–Crippen LogP) is 2.91. The van der Waals surface area contributed by atoms with Crippen LogP contribution < -0.4 is 5.32 Å². The van der Waals surface area contributed by atoms with Gasteiger partial charge in [-0.25, -0.2) is 9.78 Å². The van der Waals surface area contributed by atoms with E-state index in [1.807, 2.05) is 18.2 Å². The molecule has 2 aromatic rings. The third kappa shape index (κ3) is 4.09. The van der Waals surface area contributed by atoms with Gasteiger partial charge in [-0.1, -0.05) is 30.3 Å². The van der Waals surface area contributed by atoms with Crippen LogP contribution in [0, 0.1) is 0 Å². The van der Waals surface area contributed by atoms with Crippen LogP contribution in [-0.4, -0.2) is 24.1 Å². The second-order valence-electron chi connectivity index (χ2n) is 4.31. The summed E-state index contributed by atoms with van der Waals surface area (Å²) in [5.41, 5.74) is 1.75. The highest BCUT2D eigenvalue weighted by Crippen LogP contribution is 2.07. The molecule has 4 heteroatoms. The number of nitrogens with zero attached hydrogens (tertiary/aromatic N) is 1. The van der Waals surface area contributed by atoms with Gasteiger partial charge in [0.2, 0.25) is 0 Å². The molecule has 0 unspecified atom stereocenters. The van der Waals surface area contributed by atoms with Crippen molar-refractivity contribution in [2.75, 3.05) is 18.5 Å². The second-order valence-corrected chi connectivity index (χ2v) is 4.31. The van der Waals surface area contributed by atoms with E-state index in [0.29, 0.717) is 12.2 Å². The number of aromatic nitrogens is 1. The van der Waals surface area contributed by atoms with Crippen LogP contribution in [-0.2, 0) is 11.2 Å². The summed E-state index contributed by atoms with van der Waals surface area (Å²) in [6.07, 6.45) is 2.46. The maximum atomic E-state index is 11.5. The van der Waals surface area contributed by atoms with Gasteiger partial charge in [-0.2, -0.15) is 0 Å². The fourth-order valence-electron chi connectivity index (χ4n) is 1.81. The van der Waals surface area contributed by atoms with Crippen molar-refractivity contribution in [1.29, 1.82) is 0 Å². The molecule has 1 aromatic carbocycles. The second kappa shape index (κ2) is 7.28. The molecule has 1 aromatic heterocycles. The first-order valence-electron chi connectivity index (χ1n) is 6.70. The summed E-state index contributed by atoms with van der Waals surface area (Å²) in [5.74, 6) is 0.421. The molecule has 2 rings (SSSR count). The lowest BCUT2D eigenvalue weighted by atomic mass is 10.1. The van der Waals surface area contributed by atoms with E-state index in [1.54, 1.807) is 19.1 Å². The average molecular weight is 270 g/mol. The molecule has 0 bridgehead atoms. The lowest BCUT2D eigenvalue weighted by molar-refractivity contribution is 0.0526. The zero-order chi connectivity index (χ0) is 14.2. The molecule has 0 saturated heterocycles. The Morgan fingerprint density at radius 1 is 1.20 bits per heavy atom. The first kappa shape index (κ1) is 14.1. The quantitative estimate of drug-likeness (QED) is 0.820. The molecule has 1 heterocycles. The van der Waals surface area contributed by atoms with Gasteiger partial charge >= 0.3 is 5.97 Å². The Kier molecular flexibility index (Phi) is 5.12. The summed E-state index contributed by atoms with van der Waals surface area (Å²) >= 11 is 0. The van der Waals surface area contributed by atoms with Gasteiger partial charge in [0.05, 0.1) is 12.2 Å². The van der Waals surface area contributed by atoms with Crippen molar-refractivity contribution in [3.8, 4) is 0 Å². The summed E-state index contributed by atoms with van der Waals surface area (Å²) < 4.78 is 4.91. The molecule has 0 spiro atoms. The molecule has 4 nitrogen and oxygen atoms in total. The third-order valence-corrected chi connectivity index (χ3v) is 2.84. The summed E-state index contributed by atoms with van der Waals surface area (Å²) in [6.45, 7) is 2.95. The fraction of sp³-hybridized carbons (Fsp3) is 0.250. The van der Waals surface area contributed by atoms with Gasteiger partial charge in [0.1, 0.15) is 5.82 Å². The van der Waals surface area contributed by atoms with Crippen LogP contribution in [0.1, 0.15) is 22.8 Å². The summed E-state index contributed by atoms with van der Waals surface area (Å²) in [7, 11) is 0. The zero-order valence-corrected chi connectivity index (χ0v) is 11.5. The van der Waals surface area contributed by atoms with E-state index >= 15 is 0 Å². The summed E-state index contributed by atoms with van der Waals surface area (Å²) in [5, 5.41) is 3.23. The van der Waals surface area contributed by atoms with Crippen LogP contribution >= 0.6 is 0 Å². The van der Waals surface area contributed by atoms with Crippen LogP contribution in [0.4, 0.5) is 5.82 Å². The van der Waals surface area contributed by atoms with E-state index in [-0.39, 0.29) is 5.97 Å². The average Bonchev–Trinajstić information content (AvgIpc) is 2.49. The molecular weight excluding hydrogens is 252 g/mol. The lowest BCUT2D eigenvalue weighted by Gasteiger charge is -2.06. The van der Waals surface area contributed by atoms with Crippen LogP contribution in [0.25, 0.3) is 0 Å². The standard InChI is InChI=1S/C16H18N2O2/c1-2-20-16(19)14-8-9-15(18-12-14)17-11-10-13-6-4-3-5-7-13/h3-9,12H,2,10-11H2,1H3,(H,17,18). The number of hydrogen-bond donors (Lipinski definition) is 1. The van der Waals surface area contributed by atoms with Crippen molar-refractivity contribution in [3.63, 3.8) is 0 Å². The molecule has 0 aliphatic rings. The number of carbonyl (C=O) groups excluding carboxylic acids is 1. The molecule has 0 atom stereocenters. The van der Waals surface area contributed by atoms with Gasteiger partial charge < -0.3 is 10.1 Å². The number of pyridine rings is 1. The van der Waals surface area contributed by atoms with Crippen LogP contribution in [0.3, 0.4) is 0 Å². The Bertz CT molecular complexity index is 538. The molecule has 0 fully saturated rings. The Morgan fingerprint density at radius 3 is 2.65 bits per heavy atom. The van der Waals surface area contributed by atoms with Crippen molar-refractivity contribution in [3.05, 3.63) is 59.8 Å². The summed E-state index contributed by atoms with van der Waals surface area (Å²) in [6, 6.07) is 13.8. The molecule has 0 saturated carbocycles. The maximum absolute atomic E-state index is 11.5. The molecule has 0 amide bonds. The van der Waals surface area contributed by atoms with Gasteiger partial charge in [0.15, 0.2) is 0 Å². The van der Waals surface area contributed by atoms with Crippen molar-refractivity contribution in [2.45, 2.75) is 13.3 Å². The minimum atomic E-state index is -0.337. The highest BCUT2D eigenvalue weighted by molar-refractivity contribution is 5.89. The first-order valence-corrected chi connectivity index (χ1v) is 6.70. The van der Waals surface area contributed by atoms with Gasteiger partial charge in [-0.05, 0) is 31.0 Å². The van der Waals surface area contributed by atoms with Gasteiger partial charge in [0, 0.05) is 12.7 Å². The number of anilines is 1. The third-order valence-electron chi connectivity index (χ3n) is 2.84. The number of hydrogen-bond acceptors (Lipinski definition) is 4.